The van der Waals surface area contributed by atoms with E-state index in [-0.39, 0.29) is 0 Å². The molecule has 3 rings (SSSR count). The quantitative estimate of drug-likeness (QED) is 0.819. The lowest BCUT2D eigenvalue weighted by atomic mass is 9.88. The Morgan fingerprint density at radius 1 is 1.00 bits per heavy atom. The molecule has 4 unspecified atom stereocenters. The summed E-state index contributed by atoms with van der Waals surface area (Å²) in [7, 11) is 0. The topological polar surface area (TPSA) is 33.3 Å². The number of hydrogen-bond donors (Lipinski definition) is 2. The van der Waals surface area contributed by atoms with Crippen molar-refractivity contribution < 1.29 is 4.74 Å². The van der Waals surface area contributed by atoms with Crippen LogP contribution in [0.2, 0.25) is 0 Å². The molecular weight excluding hydrogens is 236 g/mol. The fourth-order valence-corrected chi connectivity index (χ4v) is 4.25. The highest BCUT2D eigenvalue weighted by molar-refractivity contribution is 4.92. The van der Waals surface area contributed by atoms with E-state index in [9.17, 15) is 0 Å². The van der Waals surface area contributed by atoms with Gasteiger partial charge < -0.3 is 15.4 Å². The van der Waals surface area contributed by atoms with Crippen molar-refractivity contribution in [2.75, 3.05) is 26.3 Å². The van der Waals surface area contributed by atoms with Gasteiger partial charge in [0.1, 0.15) is 0 Å². The summed E-state index contributed by atoms with van der Waals surface area (Å²) in [6, 6.07) is 1.55. The van der Waals surface area contributed by atoms with Gasteiger partial charge in [0, 0.05) is 25.2 Å². The molecule has 3 aliphatic rings. The van der Waals surface area contributed by atoms with Crippen molar-refractivity contribution in [3.8, 4) is 0 Å². The van der Waals surface area contributed by atoms with E-state index in [4.69, 9.17) is 4.74 Å². The maximum Gasteiger partial charge on any atom is 0.0506 e. The zero-order valence-electron chi connectivity index (χ0n) is 12.2. The van der Waals surface area contributed by atoms with Crippen LogP contribution >= 0.6 is 0 Å². The van der Waals surface area contributed by atoms with Crippen LogP contribution in [0.1, 0.15) is 51.4 Å². The van der Waals surface area contributed by atoms with Crippen molar-refractivity contribution >= 4 is 0 Å². The Morgan fingerprint density at radius 2 is 2.00 bits per heavy atom. The Balaban J connectivity index is 1.45. The van der Waals surface area contributed by atoms with E-state index in [1.165, 1.54) is 64.5 Å². The summed E-state index contributed by atoms with van der Waals surface area (Å²) in [6.45, 7) is 4.37. The van der Waals surface area contributed by atoms with Crippen molar-refractivity contribution in [1.82, 2.24) is 10.6 Å². The number of hydrogen-bond acceptors (Lipinski definition) is 3. The van der Waals surface area contributed by atoms with E-state index in [0.29, 0.717) is 0 Å². The summed E-state index contributed by atoms with van der Waals surface area (Å²) in [5, 5.41) is 7.64. The van der Waals surface area contributed by atoms with Gasteiger partial charge in [0.15, 0.2) is 0 Å². The smallest absolute Gasteiger partial charge is 0.0506 e. The van der Waals surface area contributed by atoms with Gasteiger partial charge in [-0.1, -0.05) is 12.8 Å². The Hall–Kier alpha value is -0.120. The number of rotatable bonds is 4. The molecule has 2 saturated heterocycles. The zero-order valence-corrected chi connectivity index (χ0v) is 12.2. The van der Waals surface area contributed by atoms with Gasteiger partial charge in [-0.2, -0.15) is 0 Å². The van der Waals surface area contributed by atoms with E-state index in [0.717, 1.165) is 37.1 Å². The minimum absolute atomic E-state index is 0.759. The molecule has 1 aliphatic carbocycles. The molecule has 110 valence electrons. The van der Waals surface area contributed by atoms with E-state index < -0.39 is 0 Å². The largest absolute Gasteiger partial charge is 0.381 e. The molecule has 0 bridgehead atoms. The van der Waals surface area contributed by atoms with E-state index in [1.54, 1.807) is 0 Å². The Morgan fingerprint density at radius 3 is 2.79 bits per heavy atom. The lowest BCUT2D eigenvalue weighted by Gasteiger charge is -2.34. The van der Waals surface area contributed by atoms with Crippen molar-refractivity contribution in [2.24, 2.45) is 11.8 Å². The number of nitrogens with one attached hydrogen (secondary N) is 2. The first-order valence-corrected chi connectivity index (χ1v) is 8.48. The maximum absolute atomic E-state index is 5.59. The predicted molar refractivity (Wildman–Crippen MR) is 78.3 cm³/mol. The first-order valence-electron chi connectivity index (χ1n) is 8.48. The molecular formula is C16H30N2O. The fourth-order valence-electron chi connectivity index (χ4n) is 4.25. The zero-order chi connectivity index (χ0) is 12.9. The summed E-state index contributed by atoms with van der Waals surface area (Å²) < 4.78 is 5.59. The van der Waals surface area contributed by atoms with Gasteiger partial charge >= 0.3 is 0 Å². The summed E-state index contributed by atoms with van der Waals surface area (Å²) in [6.07, 6.45) is 11.0. The first-order chi connectivity index (χ1) is 9.43. The summed E-state index contributed by atoms with van der Waals surface area (Å²) >= 11 is 0. The van der Waals surface area contributed by atoms with Crippen LogP contribution in [0.3, 0.4) is 0 Å². The van der Waals surface area contributed by atoms with Gasteiger partial charge in [-0.05, 0) is 56.9 Å². The minimum Gasteiger partial charge on any atom is -0.381 e. The van der Waals surface area contributed by atoms with Crippen LogP contribution in [0, 0.1) is 11.8 Å². The van der Waals surface area contributed by atoms with Crippen LogP contribution < -0.4 is 10.6 Å². The highest BCUT2D eigenvalue weighted by Gasteiger charge is 2.34. The molecule has 2 N–H and O–H groups in total. The molecule has 0 spiro atoms. The van der Waals surface area contributed by atoms with Crippen LogP contribution in [0.25, 0.3) is 0 Å². The van der Waals surface area contributed by atoms with E-state index >= 15 is 0 Å². The Labute approximate surface area is 117 Å². The van der Waals surface area contributed by atoms with E-state index in [1.807, 2.05) is 0 Å². The lowest BCUT2D eigenvalue weighted by Crippen LogP contribution is -2.48. The molecule has 4 atom stereocenters. The average molecular weight is 266 g/mol. The van der Waals surface area contributed by atoms with Gasteiger partial charge in [-0.15, -0.1) is 0 Å². The van der Waals surface area contributed by atoms with Crippen molar-refractivity contribution in [3.63, 3.8) is 0 Å². The van der Waals surface area contributed by atoms with Crippen LogP contribution in [-0.2, 0) is 4.74 Å². The van der Waals surface area contributed by atoms with Crippen LogP contribution in [-0.4, -0.2) is 38.4 Å². The van der Waals surface area contributed by atoms with Gasteiger partial charge in [0.25, 0.3) is 0 Å². The maximum atomic E-state index is 5.59. The summed E-state index contributed by atoms with van der Waals surface area (Å²) in [4.78, 5) is 0. The monoisotopic (exact) mass is 266 g/mol. The molecule has 0 amide bonds. The second-order valence-electron chi connectivity index (χ2n) is 6.75. The van der Waals surface area contributed by atoms with E-state index in [2.05, 4.69) is 10.6 Å². The molecule has 0 radical (unpaired) electrons. The third kappa shape index (κ3) is 3.71. The van der Waals surface area contributed by atoms with Crippen molar-refractivity contribution in [1.29, 1.82) is 0 Å². The number of piperidine rings is 1. The highest BCUT2D eigenvalue weighted by atomic mass is 16.5. The number of ether oxygens (including phenoxy) is 1. The molecule has 3 fully saturated rings. The van der Waals surface area contributed by atoms with Crippen molar-refractivity contribution in [2.45, 2.75) is 63.5 Å². The van der Waals surface area contributed by atoms with Gasteiger partial charge in [-0.3, -0.25) is 0 Å². The van der Waals surface area contributed by atoms with Gasteiger partial charge in [-0.25, -0.2) is 0 Å². The molecule has 0 aromatic rings. The third-order valence-corrected chi connectivity index (χ3v) is 5.36. The SMILES string of the molecule is C1CCC(C2CCCC2NCC2CCCOC2)NC1. The fraction of sp³-hybridized carbons (Fsp3) is 1.00. The van der Waals surface area contributed by atoms with Crippen LogP contribution in [0.4, 0.5) is 0 Å². The minimum atomic E-state index is 0.759. The lowest BCUT2D eigenvalue weighted by molar-refractivity contribution is 0.0528. The molecule has 2 heterocycles. The van der Waals surface area contributed by atoms with Gasteiger partial charge in [0.2, 0.25) is 0 Å². The third-order valence-electron chi connectivity index (χ3n) is 5.36. The summed E-state index contributed by atoms with van der Waals surface area (Å²) in [5.74, 6) is 1.64. The summed E-state index contributed by atoms with van der Waals surface area (Å²) in [5.41, 5.74) is 0. The Bertz CT molecular complexity index is 259. The highest BCUT2D eigenvalue weighted by Crippen LogP contribution is 2.32. The average Bonchev–Trinajstić information content (AvgIpc) is 2.95. The van der Waals surface area contributed by atoms with Crippen LogP contribution in [0.5, 0.6) is 0 Å². The standard InChI is InChI=1S/C16H30N2O/c1-2-9-17-15(7-1)14-6-3-8-16(14)18-11-13-5-4-10-19-12-13/h13-18H,1-12H2. The Kier molecular flexibility index (Phi) is 5.14. The molecule has 2 aliphatic heterocycles. The second kappa shape index (κ2) is 7.05. The molecule has 0 aromatic carbocycles. The molecule has 19 heavy (non-hydrogen) atoms. The molecule has 0 aromatic heterocycles. The predicted octanol–water partition coefficient (Wildman–Crippen LogP) is 2.31. The second-order valence-corrected chi connectivity index (χ2v) is 6.75. The molecule has 3 heteroatoms. The normalized spacial score (nSPS) is 40.4. The molecule has 3 nitrogen and oxygen atoms in total. The first kappa shape index (κ1) is 13.8. The molecule has 1 saturated carbocycles. The van der Waals surface area contributed by atoms with Crippen LogP contribution in [0.15, 0.2) is 0 Å². The van der Waals surface area contributed by atoms with Gasteiger partial charge in [0.05, 0.1) is 6.61 Å². The van der Waals surface area contributed by atoms with Crippen molar-refractivity contribution in [3.05, 3.63) is 0 Å².